The monoisotopic (exact) mass is 293 g/mol. The average molecular weight is 293 g/mol. The molecule has 1 fully saturated rings. The van der Waals surface area contributed by atoms with Gasteiger partial charge >= 0.3 is 0 Å². The molecule has 0 spiro atoms. The maximum Gasteiger partial charge on any atom is 0.276 e. The first-order chi connectivity index (χ1) is 10.1. The van der Waals surface area contributed by atoms with Crippen LogP contribution in [0.1, 0.15) is 26.2 Å². The first kappa shape index (κ1) is 15.0. The highest BCUT2D eigenvalue weighted by Gasteiger charge is 2.20. The summed E-state index contributed by atoms with van der Waals surface area (Å²) in [5.74, 6) is 0.951. The van der Waals surface area contributed by atoms with E-state index in [9.17, 15) is 14.9 Å². The summed E-state index contributed by atoms with van der Waals surface area (Å²) in [7, 11) is 0. The number of aromatic nitrogens is 1. The predicted molar refractivity (Wildman–Crippen MR) is 79.3 cm³/mol. The largest absolute Gasteiger partial charge is 0.370 e. The molecule has 1 saturated heterocycles. The van der Waals surface area contributed by atoms with Crippen LogP contribution in [-0.2, 0) is 4.79 Å². The van der Waals surface area contributed by atoms with E-state index < -0.39 is 4.92 Å². The van der Waals surface area contributed by atoms with E-state index in [1.807, 2.05) is 6.92 Å². The Kier molecular flexibility index (Phi) is 4.91. The molecule has 1 atom stereocenters. The fourth-order valence-electron chi connectivity index (χ4n) is 2.11. The van der Waals surface area contributed by atoms with Gasteiger partial charge in [-0.3, -0.25) is 14.9 Å². The number of hydrogen-bond acceptors (Lipinski definition) is 6. The number of pyridine rings is 1. The number of hydrogen-bond donors (Lipinski definition) is 3. The summed E-state index contributed by atoms with van der Waals surface area (Å²) in [5, 5.41) is 19.9. The molecule has 1 aromatic rings. The molecular weight excluding hydrogens is 274 g/mol. The molecule has 0 bridgehead atoms. The van der Waals surface area contributed by atoms with Gasteiger partial charge in [-0.05, 0) is 12.8 Å². The van der Waals surface area contributed by atoms with E-state index in [1.165, 1.54) is 12.1 Å². The number of carbonyl (C=O) groups is 1. The van der Waals surface area contributed by atoms with Crippen molar-refractivity contribution in [3.63, 3.8) is 0 Å². The SMILES string of the molecule is CCCNc1cc([N+](=O)[O-])cc(NCC2CCC(=O)N2)n1. The van der Waals surface area contributed by atoms with Crippen LogP contribution in [0.3, 0.4) is 0 Å². The standard InChI is InChI=1S/C13H19N5O3/c1-2-5-14-11-6-10(18(20)21)7-12(17-11)15-8-9-3-4-13(19)16-9/h6-7,9H,2-5,8H2,1H3,(H,16,19)(H2,14,15,17). The van der Waals surface area contributed by atoms with Gasteiger partial charge in [0.25, 0.3) is 5.69 Å². The summed E-state index contributed by atoms with van der Waals surface area (Å²) in [6, 6.07) is 2.86. The molecule has 3 N–H and O–H groups in total. The second-order valence-corrected chi connectivity index (χ2v) is 4.96. The van der Waals surface area contributed by atoms with Crippen molar-refractivity contribution in [2.24, 2.45) is 0 Å². The highest BCUT2D eigenvalue weighted by molar-refractivity contribution is 5.78. The quantitative estimate of drug-likeness (QED) is 0.519. The Morgan fingerprint density at radius 3 is 2.71 bits per heavy atom. The van der Waals surface area contributed by atoms with Gasteiger partial charge in [0.15, 0.2) is 0 Å². The predicted octanol–water partition coefficient (Wildman–Crippen LogP) is 1.50. The van der Waals surface area contributed by atoms with E-state index in [1.54, 1.807) is 0 Å². The number of carbonyl (C=O) groups excluding carboxylic acids is 1. The highest BCUT2D eigenvalue weighted by atomic mass is 16.6. The summed E-state index contributed by atoms with van der Waals surface area (Å²) in [6.45, 7) is 3.21. The first-order valence-corrected chi connectivity index (χ1v) is 7.02. The fraction of sp³-hybridized carbons (Fsp3) is 0.538. The molecule has 0 aromatic carbocycles. The summed E-state index contributed by atoms with van der Waals surface area (Å²) in [4.78, 5) is 25.9. The van der Waals surface area contributed by atoms with E-state index >= 15 is 0 Å². The molecule has 2 heterocycles. The number of rotatable bonds is 7. The van der Waals surface area contributed by atoms with Crippen molar-refractivity contribution in [3.8, 4) is 0 Å². The summed E-state index contributed by atoms with van der Waals surface area (Å²) in [6.07, 6.45) is 2.20. The Hall–Kier alpha value is -2.38. The molecule has 8 nitrogen and oxygen atoms in total. The topological polar surface area (TPSA) is 109 Å². The minimum Gasteiger partial charge on any atom is -0.370 e. The van der Waals surface area contributed by atoms with Crippen LogP contribution >= 0.6 is 0 Å². The molecular formula is C13H19N5O3. The number of nitro groups is 1. The zero-order chi connectivity index (χ0) is 15.2. The molecule has 0 saturated carbocycles. The lowest BCUT2D eigenvalue weighted by Gasteiger charge is -2.13. The maximum absolute atomic E-state index is 11.1. The van der Waals surface area contributed by atoms with Gasteiger partial charge < -0.3 is 16.0 Å². The number of amides is 1. The molecule has 2 rings (SSSR count). The Balaban J connectivity index is 2.04. The molecule has 1 aliphatic heterocycles. The van der Waals surface area contributed by atoms with E-state index in [0.29, 0.717) is 31.1 Å². The van der Waals surface area contributed by atoms with Gasteiger partial charge in [0.1, 0.15) is 11.6 Å². The van der Waals surface area contributed by atoms with Gasteiger partial charge in [-0.2, -0.15) is 0 Å². The molecule has 0 radical (unpaired) electrons. The van der Waals surface area contributed by atoms with Crippen molar-refractivity contribution in [1.82, 2.24) is 10.3 Å². The normalized spacial score (nSPS) is 17.4. The zero-order valence-corrected chi connectivity index (χ0v) is 11.9. The van der Waals surface area contributed by atoms with Crippen LogP contribution in [-0.4, -0.2) is 34.9 Å². The van der Waals surface area contributed by atoms with Crippen molar-refractivity contribution < 1.29 is 9.72 Å². The zero-order valence-electron chi connectivity index (χ0n) is 11.9. The van der Waals surface area contributed by atoms with Crippen LogP contribution in [0.2, 0.25) is 0 Å². The minimum absolute atomic E-state index is 0.0124. The van der Waals surface area contributed by atoms with Crippen molar-refractivity contribution in [2.75, 3.05) is 23.7 Å². The van der Waals surface area contributed by atoms with Crippen molar-refractivity contribution in [2.45, 2.75) is 32.2 Å². The van der Waals surface area contributed by atoms with Gasteiger partial charge in [0, 0.05) is 25.6 Å². The highest BCUT2D eigenvalue weighted by Crippen LogP contribution is 2.21. The molecule has 21 heavy (non-hydrogen) atoms. The molecule has 1 aliphatic rings. The van der Waals surface area contributed by atoms with Crippen LogP contribution < -0.4 is 16.0 Å². The van der Waals surface area contributed by atoms with Crippen LogP contribution in [0.4, 0.5) is 17.3 Å². The first-order valence-electron chi connectivity index (χ1n) is 7.02. The molecule has 8 heteroatoms. The summed E-state index contributed by atoms with van der Waals surface area (Å²) in [5.41, 5.74) is -0.0124. The van der Waals surface area contributed by atoms with Crippen LogP contribution in [0.25, 0.3) is 0 Å². The average Bonchev–Trinajstić information content (AvgIpc) is 2.88. The smallest absolute Gasteiger partial charge is 0.276 e. The minimum atomic E-state index is -0.443. The Morgan fingerprint density at radius 1 is 1.43 bits per heavy atom. The van der Waals surface area contributed by atoms with E-state index in [0.717, 1.165) is 12.8 Å². The van der Waals surface area contributed by atoms with Crippen LogP contribution in [0, 0.1) is 10.1 Å². The number of anilines is 2. The van der Waals surface area contributed by atoms with Crippen molar-refractivity contribution >= 4 is 23.2 Å². The molecule has 1 unspecified atom stereocenters. The molecule has 0 aliphatic carbocycles. The van der Waals surface area contributed by atoms with Crippen molar-refractivity contribution in [1.29, 1.82) is 0 Å². The van der Waals surface area contributed by atoms with E-state index in [2.05, 4.69) is 20.9 Å². The Morgan fingerprint density at radius 2 is 2.14 bits per heavy atom. The maximum atomic E-state index is 11.1. The van der Waals surface area contributed by atoms with Gasteiger partial charge in [-0.15, -0.1) is 0 Å². The third kappa shape index (κ3) is 4.30. The molecule has 114 valence electrons. The van der Waals surface area contributed by atoms with Gasteiger partial charge in [0.2, 0.25) is 5.91 Å². The third-order valence-corrected chi connectivity index (χ3v) is 3.19. The van der Waals surface area contributed by atoms with Gasteiger partial charge in [-0.25, -0.2) is 4.98 Å². The lowest BCUT2D eigenvalue weighted by Crippen LogP contribution is -2.32. The third-order valence-electron chi connectivity index (χ3n) is 3.19. The summed E-state index contributed by atoms with van der Waals surface area (Å²) >= 11 is 0. The van der Waals surface area contributed by atoms with Gasteiger partial charge in [-0.1, -0.05) is 6.92 Å². The van der Waals surface area contributed by atoms with Crippen LogP contribution in [0.5, 0.6) is 0 Å². The lowest BCUT2D eigenvalue weighted by molar-refractivity contribution is -0.384. The van der Waals surface area contributed by atoms with Crippen LogP contribution in [0.15, 0.2) is 12.1 Å². The van der Waals surface area contributed by atoms with Crippen molar-refractivity contribution in [3.05, 3.63) is 22.2 Å². The number of nitrogens with one attached hydrogen (secondary N) is 3. The van der Waals surface area contributed by atoms with Gasteiger partial charge in [0.05, 0.1) is 17.1 Å². The van der Waals surface area contributed by atoms with E-state index in [-0.39, 0.29) is 17.6 Å². The molecule has 1 amide bonds. The lowest BCUT2D eigenvalue weighted by atomic mass is 10.2. The summed E-state index contributed by atoms with van der Waals surface area (Å²) < 4.78 is 0. The second kappa shape index (κ2) is 6.87. The molecule has 1 aromatic heterocycles. The second-order valence-electron chi connectivity index (χ2n) is 4.96. The van der Waals surface area contributed by atoms with E-state index in [4.69, 9.17) is 0 Å². The fourth-order valence-corrected chi connectivity index (χ4v) is 2.11. The number of nitrogens with zero attached hydrogens (tertiary/aromatic N) is 2. The Labute approximate surface area is 122 Å². The Bertz CT molecular complexity index is 535.